The first-order valence-electron chi connectivity index (χ1n) is 10.5. The minimum absolute atomic E-state index is 0.383. The molecule has 0 spiro atoms. The zero-order valence-corrected chi connectivity index (χ0v) is 17.0. The third kappa shape index (κ3) is 3.76. The number of hydrogen-bond acceptors (Lipinski definition) is 6. The Bertz CT molecular complexity index is 1140. The number of H-pyrrole nitrogens is 1. The van der Waals surface area contributed by atoms with Crippen LogP contribution in [0.25, 0.3) is 22.3 Å². The summed E-state index contributed by atoms with van der Waals surface area (Å²) in [5.74, 6) is 1.53. The van der Waals surface area contributed by atoms with Gasteiger partial charge in [-0.25, -0.2) is 4.98 Å². The number of nitrogens with one attached hydrogen (secondary N) is 2. The maximum Gasteiger partial charge on any atom is 0.183 e. The predicted molar refractivity (Wildman–Crippen MR) is 118 cm³/mol. The number of hydrogen-bond donors (Lipinski definition) is 2. The fourth-order valence-electron chi connectivity index (χ4n) is 4.11. The van der Waals surface area contributed by atoms with Crippen LogP contribution in [0, 0.1) is 0 Å². The van der Waals surface area contributed by atoms with Gasteiger partial charge in [0.05, 0.1) is 11.7 Å². The maximum atomic E-state index is 4.85. The molecule has 30 heavy (non-hydrogen) atoms. The largest absolute Gasteiger partial charge is 0.352 e. The van der Waals surface area contributed by atoms with Gasteiger partial charge in [0, 0.05) is 42.3 Å². The number of rotatable bonds is 5. The summed E-state index contributed by atoms with van der Waals surface area (Å²) >= 11 is 0. The van der Waals surface area contributed by atoms with Crippen LogP contribution in [0.3, 0.4) is 0 Å². The molecule has 1 aliphatic heterocycles. The van der Waals surface area contributed by atoms with Gasteiger partial charge < -0.3 is 10.2 Å². The second kappa shape index (κ2) is 8.20. The van der Waals surface area contributed by atoms with Gasteiger partial charge in [-0.2, -0.15) is 10.2 Å². The van der Waals surface area contributed by atoms with Crippen molar-refractivity contribution in [3.8, 4) is 11.4 Å². The van der Waals surface area contributed by atoms with Crippen LogP contribution >= 0.6 is 0 Å². The average Bonchev–Trinajstić information content (AvgIpc) is 3.22. The van der Waals surface area contributed by atoms with Crippen LogP contribution in [0.15, 0.2) is 54.7 Å². The SMILES string of the molecule is CCc1[nH]nc2ccc(-c3nncc(N4CCNC(Cc5ccccc5)C4)n3)cc12. The summed E-state index contributed by atoms with van der Waals surface area (Å²) in [4.78, 5) is 7.15. The summed E-state index contributed by atoms with van der Waals surface area (Å²) < 4.78 is 0. The molecule has 1 fully saturated rings. The summed E-state index contributed by atoms with van der Waals surface area (Å²) in [6.07, 6.45) is 3.67. The lowest BCUT2D eigenvalue weighted by Crippen LogP contribution is -2.52. The van der Waals surface area contributed by atoms with Crippen molar-refractivity contribution in [2.75, 3.05) is 24.5 Å². The summed E-state index contributed by atoms with van der Waals surface area (Å²) in [6, 6.07) is 17.1. The van der Waals surface area contributed by atoms with Gasteiger partial charge in [0.2, 0.25) is 0 Å². The van der Waals surface area contributed by atoms with E-state index in [4.69, 9.17) is 4.98 Å². The number of piperazine rings is 1. The number of benzene rings is 2. The van der Waals surface area contributed by atoms with Crippen molar-refractivity contribution in [2.45, 2.75) is 25.8 Å². The van der Waals surface area contributed by atoms with E-state index in [-0.39, 0.29) is 0 Å². The van der Waals surface area contributed by atoms with Crippen LogP contribution in [-0.4, -0.2) is 51.1 Å². The quantitative estimate of drug-likeness (QED) is 0.537. The van der Waals surface area contributed by atoms with Crippen molar-refractivity contribution in [3.63, 3.8) is 0 Å². The van der Waals surface area contributed by atoms with Crippen molar-refractivity contribution in [1.29, 1.82) is 0 Å². The molecule has 2 aromatic heterocycles. The number of aryl methyl sites for hydroxylation is 1. The zero-order chi connectivity index (χ0) is 20.3. The second-order valence-electron chi connectivity index (χ2n) is 7.71. The van der Waals surface area contributed by atoms with E-state index in [9.17, 15) is 0 Å². The van der Waals surface area contributed by atoms with Crippen LogP contribution in [0.4, 0.5) is 5.82 Å². The minimum Gasteiger partial charge on any atom is -0.352 e. The fraction of sp³-hybridized carbons (Fsp3) is 0.304. The standard InChI is InChI=1S/C23H25N7/c1-2-20-19-13-17(8-9-21(19)28-27-20)23-26-22(14-25-29-23)30-11-10-24-18(15-30)12-16-6-4-3-5-7-16/h3-9,13-14,18,24H,2,10-12,15H2,1H3,(H,27,28). The van der Waals surface area contributed by atoms with Gasteiger partial charge >= 0.3 is 0 Å². The van der Waals surface area contributed by atoms with Crippen LogP contribution in [-0.2, 0) is 12.8 Å². The van der Waals surface area contributed by atoms with E-state index in [0.29, 0.717) is 11.9 Å². The van der Waals surface area contributed by atoms with E-state index in [1.165, 1.54) is 5.56 Å². The van der Waals surface area contributed by atoms with E-state index in [1.807, 2.05) is 12.1 Å². The Kier molecular flexibility index (Phi) is 5.11. The lowest BCUT2D eigenvalue weighted by Gasteiger charge is -2.34. The Morgan fingerprint density at radius 2 is 2.03 bits per heavy atom. The van der Waals surface area contributed by atoms with Crippen molar-refractivity contribution < 1.29 is 0 Å². The molecule has 0 bridgehead atoms. The highest BCUT2D eigenvalue weighted by Crippen LogP contribution is 2.24. The molecule has 3 heterocycles. The first-order chi connectivity index (χ1) is 14.8. The van der Waals surface area contributed by atoms with Gasteiger partial charge in [-0.15, -0.1) is 5.10 Å². The number of nitrogens with zero attached hydrogens (tertiary/aromatic N) is 5. The molecular weight excluding hydrogens is 374 g/mol. The minimum atomic E-state index is 0.383. The van der Waals surface area contributed by atoms with Gasteiger partial charge in [0.15, 0.2) is 11.6 Å². The number of aromatic nitrogens is 5. The second-order valence-corrected chi connectivity index (χ2v) is 7.71. The lowest BCUT2D eigenvalue weighted by molar-refractivity contribution is 0.452. The van der Waals surface area contributed by atoms with Gasteiger partial charge in [-0.3, -0.25) is 5.10 Å². The maximum absolute atomic E-state index is 4.85. The van der Waals surface area contributed by atoms with Gasteiger partial charge in [-0.05, 0) is 36.6 Å². The first kappa shape index (κ1) is 18.7. The van der Waals surface area contributed by atoms with Crippen molar-refractivity contribution in [3.05, 3.63) is 66.0 Å². The van der Waals surface area contributed by atoms with Crippen LogP contribution < -0.4 is 10.2 Å². The topological polar surface area (TPSA) is 82.6 Å². The van der Waals surface area contributed by atoms with Gasteiger partial charge in [-0.1, -0.05) is 37.3 Å². The molecule has 7 nitrogen and oxygen atoms in total. The van der Waals surface area contributed by atoms with E-state index >= 15 is 0 Å². The zero-order valence-electron chi connectivity index (χ0n) is 17.0. The van der Waals surface area contributed by atoms with E-state index < -0.39 is 0 Å². The predicted octanol–water partition coefficient (Wildman–Crippen LogP) is 3.00. The highest BCUT2D eigenvalue weighted by molar-refractivity contribution is 5.85. The summed E-state index contributed by atoms with van der Waals surface area (Å²) in [5, 5.41) is 20.8. The molecule has 7 heteroatoms. The molecule has 0 radical (unpaired) electrons. The number of fused-ring (bicyclic) bond motifs is 1. The normalized spacial score (nSPS) is 16.8. The van der Waals surface area contributed by atoms with Crippen molar-refractivity contribution in [1.82, 2.24) is 30.7 Å². The molecule has 1 aliphatic rings. The monoisotopic (exact) mass is 399 g/mol. The highest BCUT2D eigenvalue weighted by Gasteiger charge is 2.21. The summed E-state index contributed by atoms with van der Waals surface area (Å²) in [5.41, 5.74) is 4.40. The lowest BCUT2D eigenvalue weighted by atomic mass is 10.0. The Morgan fingerprint density at radius 1 is 1.13 bits per heavy atom. The smallest absolute Gasteiger partial charge is 0.183 e. The van der Waals surface area contributed by atoms with Crippen molar-refractivity contribution >= 4 is 16.7 Å². The molecule has 1 atom stereocenters. The Balaban J connectivity index is 1.38. The number of aromatic amines is 1. The molecule has 2 aromatic carbocycles. The first-order valence-corrected chi connectivity index (χ1v) is 10.5. The van der Waals surface area contributed by atoms with Crippen molar-refractivity contribution in [2.24, 2.45) is 0 Å². The Morgan fingerprint density at radius 3 is 2.90 bits per heavy atom. The number of anilines is 1. The third-order valence-corrected chi connectivity index (χ3v) is 5.70. The van der Waals surface area contributed by atoms with Gasteiger partial charge in [0.1, 0.15) is 0 Å². The van der Waals surface area contributed by atoms with E-state index in [1.54, 1.807) is 6.20 Å². The molecule has 5 rings (SSSR count). The average molecular weight is 400 g/mol. The van der Waals surface area contributed by atoms with Gasteiger partial charge in [0.25, 0.3) is 0 Å². The molecule has 0 saturated carbocycles. The summed E-state index contributed by atoms with van der Waals surface area (Å²) in [7, 11) is 0. The van der Waals surface area contributed by atoms with E-state index in [2.05, 4.69) is 73.9 Å². The Hall–Kier alpha value is -3.32. The van der Waals surface area contributed by atoms with Crippen LogP contribution in [0.1, 0.15) is 18.2 Å². The molecule has 4 aromatic rings. The van der Waals surface area contributed by atoms with Crippen LogP contribution in [0.2, 0.25) is 0 Å². The summed E-state index contributed by atoms with van der Waals surface area (Å²) in [6.45, 7) is 4.85. The van der Waals surface area contributed by atoms with Crippen LogP contribution in [0.5, 0.6) is 0 Å². The molecular formula is C23H25N7. The molecule has 152 valence electrons. The molecule has 1 saturated heterocycles. The third-order valence-electron chi connectivity index (χ3n) is 5.70. The fourth-order valence-corrected chi connectivity index (χ4v) is 4.11. The van der Waals surface area contributed by atoms with E-state index in [0.717, 1.165) is 60.5 Å². The molecule has 1 unspecified atom stereocenters. The molecule has 0 aliphatic carbocycles. The molecule has 0 amide bonds. The highest BCUT2D eigenvalue weighted by atomic mass is 15.3. The molecule has 2 N–H and O–H groups in total. The Labute approximate surface area is 175 Å².